The molecule has 0 aromatic rings. The molecule has 0 radical (unpaired) electrons. The Hall–Kier alpha value is 0.270. The van der Waals surface area contributed by atoms with E-state index >= 15 is 0 Å². The third kappa shape index (κ3) is 4.34. The van der Waals surface area contributed by atoms with Crippen molar-refractivity contribution in [2.75, 3.05) is 25.9 Å². The zero-order valence-electron chi connectivity index (χ0n) is 8.92. The van der Waals surface area contributed by atoms with Crippen molar-refractivity contribution >= 4 is 11.8 Å². The van der Waals surface area contributed by atoms with E-state index < -0.39 is 5.60 Å². The minimum absolute atomic E-state index is 0.536. The molecule has 2 nitrogen and oxygen atoms in total. The van der Waals surface area contributed by atoms with Gasteiger partial charge in [-0.15, -0.1) is 0 Å². The number of hydrogen-bond acceptors (Lipinski definition) is 3. The van der Waals surface area contributed by atoms with Crippen molar-refractivity contribution in [3.05, 3.63) is 0 Å². The Balaban J connectivity index is 2.25. The molecule has 1 heterocycles. The van der Waals surface area contributed by atoms with Crippen molar-refractivity contribution in [3.63, 3.8) is 0 Å². The molecule has 0 bridgehead atoms. The Bertz CT molecular complexity index is 147. The van der Waals surface area contributed by atoms with E-state index in [0.717, 1.165) is 24.9 Å². The monoisotopic (exact) mass is 203 g/mol. The average Bonchev–Trinajstić information content (AvgIpc) is 2.03. The molecule has 0 aliphatic carbocycles. The van der Waals surface area contributed by atoms with E-state index in [9.17, 15) is 5.11 Å². The van der Waals surface area contributed by atoms with Crippen molar-refractivity contribution in [3.8, 4) is 0 Å². The van der Waals surface area contributed by atoms with E-state index in [1.807, 2.05) is 25.6 Å². The largest absolute Gasteiger partial charge is 0.389 e. The van der Waals surface area contributed by atoms with Crippen LogP contribution in [0.4, 0.5) is 0 Å². The summed E-state index contributed by atoms with van der Waals surface area (Å²) in [6, 6.07) is 0. The molecule has 3 heteroatoms. The van der Waals surface area contributed by atoms with E-state index in [1.165, 1.54) is 12.8 Å². The van der Waals surface area contributed by atoms with Crippen molar-refractivity contribution in [1.82, 2.24) is 4.90 Å². The predicted octanol–water partition coefficient (Wildman–Crippen LogP) is 1.58. The SMILES string of the molecule is CSC1CCN(CC(C)(C)O)CC1. The minimum atomic E-state index is -0.536. The van der Waals surface area contributed by atoms with Crippen LogP contribution in [-0.4, -0.2) is 46.7 Å². The molecule has 1 aliphatic heterocycles. The third-order valence-electron chi connectivity index (χ3n) is 2.48. The fourth-order valence-electron chi connectivity index (χ4n) is 1.85. The number of β-amino-alcohol motifs (C(OH)–C–C–N with tert-alkyl or cyclic N) is 1. The molecule has 0 atom stereocenters. The Morgan fingerprint density at radius 1 is 1.38 bits per heavy atom. The molecule has 0 amide bonds. The molecule has 1 N–H and O–H groups in total. The van der Waals surface area contributed by atoms with Gasteiger partial charge in [-0.05, 0) is 46.0 Å². The van der Waals surface area contributed by atoms with Crippen molar-refractivity contribution < 1.29 is 5.11 Å². The summed E-state index contributed by atoms with van der Waals surface area (Å²) < 4.78 is 0. The van der Waals surface area contributed by atoms with Gasteiger partial charge in [0.15, 0.2) is 0 Å². The lowest BCUT2D eigenvalue weighted by atomic mass is 10.1. The van der Waals surface area contributed by atoms with Gasteiger partial charge in [0.2, 0.25) is 0 Å². The van der Waals surface area contributed by atoms with Gasteiger partial charge in [0.05, 0.1) is 5.60 Å². The highest BCUT2D eigenvalue weighted by Crippen LogP contribution is 2.21. The first-order chi connectivity index (χ1) is 6.01. The smallest absolute Gasteiger partial charge is 0.0718 e. The maximum absolute atomic E-state index is 9.65. The molecule has 0 saturated carbocycles. The molecular weight excluding hydrogens is 182 g/mol. The highest BCUT2D eigenvalue weighted by Gasteiger charge is 2.23. The minimum Gasteiger partial charge on any atom is -0.389 e. The van der Waals surface area contributed by atoms with Crippen LogP contribution in [0.25, 0.3) is 0 Å². The maximum atomic E-state index is 9.65. The number of hydrogen-bond donors (Lipinski definition) is 1. The first-order valence-corrected chi connectivity index (χ1v) is 6.27. The van der Waals surface area contributed by atoms with E-state index in [1.54, 1.807) is 0 Å². The normalized spacial score (nSPS) is 22.2. The molecule has 1 fully saturated rings. The van der Waals surface area contributed by atoms with Gasteiger partial charge in [0.1, 0.15) is 0 Å². The van der Waals surface area contributed by atoms with Gasteiger partial charge in [-0.25, -0.2) is 0 Å². The molecule has 0 unspecified atom stereocenters. The van der Waals surface area contributed by atoms with Crippen LogP contribution in [0, 0.1) is 0 Å². The second-order valence-electron chi connectivity index (χ2n) is 4.52. The zero-order chi connectivity index (χ0) is 9.90. The fraction of sp³-hybridized carbons (Fsp3) is 1.00. The maximum Gasteiger partial charge on any atom is 0.0718 e. The Kier molecular flexibility index (Phi) is 4.07. The predicted molar refractivity (Wildman–Crippen MR) is 59.3 cm³/mol. The van der Waals surface area contributed by atoms with Crippen LogP contribution >= 0.6 is 11.8 Å². The van der Waals surface area contributed by atoms with Crippen molar-refractivity contribution in [1.29, 1.82) is 0 Å². The standard InChI is InChI=1S/C10H21NOS/c1-10(2,12)8-11-6-4-9(13-3)5-7-11/h9,12H,4-8H2,1-3H3. The van der Waals surface area contributed by atoms with Gasteiger partial charge in [-0.3, -0.25) is 0 Å². The van der Waals surface area contributed by atoms with E-state index in [4.69, 9.17) is 0 Å². The average molecular weight is 203 g/mol. The van der Waals surface area contributed by atoms with Gasteiger partial charge in [0, 0.05) is 11.8 Å². The highest BCUT2D eigenvalue weighted by atomic mass is 32.2. The summed E-state index contributed by atoms with van der Waals surface area (Å²) in [6.45, 7) is 6.88. The lowest BCUT2D eigenvalue weighted by Gasteiger charge is -2.34. The number of likely N-dealkylation sites (tertiary alicyclic amines) is 1. The number of nitrogens with zero attached hydrogens (tertiary/aromatic N) is 1. The summed E-state index contributed by atoms with van der Waals surface area (Å²) in [4.78, 5) is 2.37. The van der Waals surface area contributed by atoms with Gasteiger partial charge < -0.3 is 10.0 Å². The summed E-state index contributed by atoms with van der Waals surface area (Å²) in [5.74, 6) is 0. The van der Waals surface area contributed by atoms with Crippen LogP contribution < -0.4 is 0 Å². The topological polar surface area (TPSA) is 23.5 Å². The Morgan fingerprint density at radius 2 is 1.92 bits per heavy atom. The molecular formula is C10H21NOS. The van der Waals surface area contributed by atoms with Crippen molar-refractivity contribution in [2.24, 2.45) is 0 Å². The van der Waals surface area contributed by atoms with Gasteiger partial charge in [-0.1, -0.05) is 0 Å². The Morgan fingerprint density at radius 3 is 2.31 bits per heavy atom. The molecule has 1 saturated heterocycles. The van der Waals surface area contributed by atoms with Crippen LogP contribution in [0.3, 0.4) is 0 Å². The van der Waals surface area contributed by atoms with Crippen molar-refractivity contribution in [2.45, 2.75) is 37.5 Å². The van der Waals surface area contributed by atoms with E-state index in [0.29, 0.717) is 0 Å². The lowest BCUT2D eigenvalue weighted by Crippen LogP contribution is -2.43. The van der Waals surface area contributed by atoms with E-state index in [-0.39, 0.29) is 0 Å². The van der Waals surface area contributed by atoms with Gasteiger partial charge in [0.25, 0.3) is 0 Å². The molecule has 78 valence electrons. The number of aliphatic hydroxyl groups is 1. The quantitative estimate of drug-likeness (QED) is 0.753. The lowest BCUT2D eigenvalue weighted by molar-refractivity contribution is 0.0307. The Labute approximate surface area is 85.7 Å². The second-order valence-corrected chi connectivity index (χ2v) is 5.66. The summed E-state index contributed by atoms with van der Waals surface area (Å²) in [6.07, 6.45) is 4.74. The molecule has 1 aliphatic rings. The first kappa shape index (κ1) is 11.3. The molecule has 0 spiro atoms. The first-order valence-electron chi connectivity index (χ1n) is 4.99. The third-order valence-corrected chi connectivity index (χ3v) is 3.62. The van der Waals surface area contributed by atoms with Crippen LogP contribution in [0.1, 0.15) is 26.7 Å². The summed E-state index contributed by atoms with van der Waals surface area (Å²) in [5.41, 5.74) is -0.536. The molecule has 13 heavy (non-hydrogen) atoms. The van der Waals surface area contributed by atoms with Crippen LogP contribution in [0.2, 0.25) is 0 Å². The van der Waals surface area contributed by atoms with E-state index in [2.05, 4.69) is 11.2 Å². The summed E-state index contributed by atoms with van der Waals surface area (Å²) in [5, 5.41) is 10.5. The second kappa shape index (κ2) is 4.67. The van der Waals surface area contributed by atoms with Crippen LogP contribution in [0.5, 0.6) is 0 Å². The number of rotatable bonds is 3. The number of piperidine rings is 1. The fourth-order valence-corrected chi connectivity index (χ4v) is 2.53. The van der Waals surface area contributed by atoms with Crippen LogP contribution in [0.15, 0.2) is 0 Å². The molecule has 0 aromatic heterocycles. The number of thioether (sulfide) groups is 1. The summed E-state index contributed by atoms with van der Waals surface area (Å²) in [7, 11) is 0. The van der Waals surface area contributed by atoms with Gasteiger partial charge in [-0.2, -0.15) is 11.8 Å². The summed E-state index contributed by atoms with van der Waals surface area (Å²) >= 11 is 1.98. The zero-order valence-corrected chi connectivity index (χ0v) is 9.73. The van der Waals surface area contributed by atoms with Crippen LogP contribution in [-0.2, 0) is 0 Å². The van der Waals surface area contributed by atoms with Gasteiger partial charge >= 0.3 is 0 Å². The highest BCUT2D eigenvalue weighted by molar-refractivity contribution is 7.99. The molecule has 0 aromatic carbocycles. The molecule has 1 rings (SSSR count).